The van der Waals surface area contributed by atoms with Crippen molar-refractivity contribution in [3.05, 3.63) is 23.3 Å². The van der Waals surface area contributed by atoms with Crippen molar-refractivity contribution in [2.24, 2.45) is 56.2 Å². The molecule has 0 amide bonds. The molecule has 5 aliphatic carbocycles. The van der Waals surface area contributed by atoms with Crippen molar-refractivity contribution in [1.29, 1.82) is 0 Å². The fraction of sp³-hybridized carbons (Fsp3) is 0.750. The Kier molecular flexibility index (Phi) is 6.10. The lowest BCUT2D eigenvalue weighted by Crippen LogP contribution is -2.81. The lowest BCUT2D eigenvalue weighted by molar-refractivity contribution is -0.305. The van der Waals surface area contributed by atoms with Gasteiger partial charge in [-0.15, -0.1) is 0 Å². The van der Waals surface area contributed by atoms with Crippen LogP contribution in [0.3, 0.4) is 0 Å². The number of ether oxygens (including phenoxy) is 4. The van der Waals surface area contributed by atoms with E-state index >= 15 is 0 Å². The molecule has 5 saturated carbocycles. The Hall–Kier alpha value is -2.64. The minimum Gasteiger partial charge on any atom is -0.468 e. The van der Waals surface area contributed by atoms with Gasteiger partial charge in [0.05, 0.1) is 28.4 Å². The van der Waals surface area contributed by atoms with Crippen molar-refractivity contribution in [2.75, 3.05) is 28.4 Å². The normalized spacial score (nSPS) is 38.0. The number of rotatable bonds is 4. The molecular weight excluding hydrogens is 512 g/mol. The number of hydrogen-bond acceptors (Lipinski definition) is 8. The summed E-state index contributed by atoms with van der Waals surface area (Å²) in [6.07, 6.45) is 5.78. The number of esters is 4. The summed E-state index contributed by atoms with van der Waals surface area (Å²) in [6, 6.07) is 0. The van der Waals surface area contributed by atoms with Crippen LogP contribution >= 0.6 is 0 Å². The van der Waals surface area contributed by atoms with Crippen LogP contribution in [-0.2, 0) is 38.1 Å². The average Bonchev–Trinajstić information content (AvgIpc) is 3.41. The number of carbonyl (C=O) groups excluding carboxylic acids is 4. The topological polar surface area (TPSA) is 105 Å². The molecule has 0 N–H and O–H groups in total. The van der Waals surface area contributed by atoms with Gasteiger partial charge in [0, 0.05) is 0 Å². The third kappa shape index (κ3) is 3.19. The average molecular weight is 557 g/mol. The molecule has 0 bridgehead atoms. The Morgan fingerprint density at radius 1 is 0.600 bits per heavy atom. The van der Waals surface area contributed by atoms with Gasteiger partial charge in [0.15, 0.2) is 10.8 Å². The van der Waals surface area contributed by atoms with Gasteiger partial charge in [0.1, 0.15) is 0 Å². The van der Waals surface area contributed by atoms with E-state index in [1.165, 1.54) is 39.6 Å². The zero-order valence-electron chi connectivity index (χ0n) is 25.6. The maximum Gasteiger partial charge on any atom is 0.323 e. The predicted octanol–water partition coefficient (Wildman–Crippen LogP) is 4.66. The Morgan fingerprint density at radius 2 is 0.875 bits per heavy atom. The molecule has 6 atom stereocenters. The molecule has 0 heterocycles. The molecule has 0 aromatic rings. The summed E-state index contributed by atoms with van der Waals surface area (Å²) < 4.78 is 20.9. The van der Waals surface area contributed by atoms with E-state index in [2.05, 4.69) is 53.7 Å². The lowest BCUT2D eigenvalue weighted by Gasteiger charge is -2.86. The number of hydrogen-bond donors (Lipinski definition) is 0. The van der Waals surface area contributed by atoms with Gasteiger partial charge in [0.25, 0.3) is 0 Å². The van der Waals surface area contributed by atoms with Crippen LogP contribution in [0.5, 0.6) is 0 Å². The van der Waals surface area contributed by atoms with E-state index in [4.69, 9.17) is 18.9 Å². The Labute approximate surface area is 237 Å². The highest BCUT2D eigenvalue weighted by molar-refractivity contribution is 6.02. The molecule has 2 spiro atoms. The van der Waals surface area contributed by atoms with E-state index in [1.807, 2.05) is 0 Å². The molecule has 5 fully saturated rings. The molecular formula is C32H44O8. The van der Waals surface area contributed by atoms with Crippen molar-refractivity contribution in [2.45, 2.75) is 67.2 Å². The summed E-state index contributed by atoms with van der Waals surface area (Å²) in [7, 11) is 5.23. The first-order valence-corrected chi connectivity index (χ1v) is 14.3. The third-order valence-electron chi connectivity index (χ3n) is 10.9. The van der Waals surface area contributed by atoms with E-state index in [1.54, 1.807) is 0 Å². The summed E-state index contributed by atoms with van der Waals surface area (Å²) in [5, 5.41) is 0. The van der Waals surface area contributed by atoms with Gasteiger partial charge < -0.3 is 18.9 Å². The second kappa shape index (κ2) is 8.45. The van der Waals surface area contributed by atoms with E-state index in [-0.39, 0.29) is 47.3 Å². The molecule has 0 aromatic heterocycles. The Bertz CT molecular complexity index is 1110. The van der Waals surface area contributed by atoms with Crippen LogP contribution in [0.1, 0.15) is 67.2 Å². The van der Waals surface area contributed by atoms with Gasteiger partial charge in [0.2, 0.25) is 0 Å². The molecule has 220 valence electrons. The minimum absolute atomic E-state index is 0.0593. The van der Waals surface area contributed by atoms with Gasteiger partial charge >= 0.3 is 23.9 Å². The lowest BCUT2D eigenvalue weighted by atomic mass is 9.17. The summed E-state index contributed by atoms with van der Waals surface area (Å²) in [5.74, 6) is -2.21. The number of fused-ring (bicyclic) bond motifs is 1. The summed E-state index contributed by atoms with van der Waals surface area (Å²) in [4.78, 5) is 53.6. The SMILES string of the molecule is COC(=O)C1(C(=O)OC)C[C@@H]2/C(=C/C(C)(C)C)[C@H]3[C@@H]4/C(=C\C(C)(C)C)[C@H]5CC(C(=O)OC)(C(=O)OC)C[C@]54[C@@]23C1. The molecule has 8 heteroatoms. The first-order valence-electron chi connectivity index (χ1n) is 14.3. The fourth-order valence-corrected chi connectivity index (χ4v) is 10.2. The van der Waals surface area contributed by atoms with E-state index in [0.29, 0.717) is 12.8 Å². The van der Waals surface area contributed by atoms with Crippen LogP contribution in [0.4, 0.5) is 0 Å². The van der Waals surface area contributed by atoms with Crippen LogP contribution in [0, 0.1) is 56.2 Å². The molecule has 8 nitrogen and oxygen atoms in total. The Balaban J connectivity index is 1.74. The van der Waals surface area contributed by atoms with Crippen LogP contribution in [0.15, 0.2) is 23.3 Å². The zero-order valence-corrected chi connectivity index (χ0v) is 25.6. The molecule has 5 rings (SSSR count). The van der Waals surface area contributed by atoms with Crippen LogP contribution in [0.2, 0.25) is 0 Å². The summed E-state index contributed by atoms with van der Waals surface area (Å²) in [6.45, 7) is 12.9. The van der Waals surface area contributed by atoms with Gasteiger partial charge in [-0.05, 0) is 71.0 Å². The molecule has 0 aromatic carbocycles. The highest BCUT2D eigenvalue weighted by Gasteiger charge is 2.94. The predicted molar refractivity (Wildman–Crippen MR) is 145 cm³/mol. The van der Waals surface area contributed by atoms with Crippen molar-refractivity contribution < 1.29 is 38.1 Å². The quantitative estimate of drug-likeness (QED) is 0.213. The van der Waals surface area contributed by atoms with E-state index < -0.39 is 45.5 Å². The van der Waals surface area contributed by atoms with E-state index in [9.17, 15) is 19.2 Å². The number of carbonyl (C=O) groups is 4. The highest BCUT2D eigenvalue weighted by Crippen LogP contribution is 2.97. The molecule has 0 saturated heterocycles. The van der Waals surface area contributed by atoms with Crippen LogP contribution < -0.4 is 0 Å². The smallest absolute Gasteiger partial charge is 0.323 e. The monoisotopic (exact) mass is 556 g/mol. The van der Waals surface area contributed by atoms with Crippen molar-refractivity contribution in [1.82, 2.24) is 0 Å². The maximum absolute atomic E-state index is 13.4. The van der Waals surface area contributed by atoms with Crippen molar-refractivity contribution in [3.8, 4) is 0 Å². The van der Waals surface area contributed by atoms with E-state index in [0.717, 1.165) is 0 Å². The second-order valence-electron chi connectivity index (χ2n) is 15.1. The standard InChI is InChI=1S/C32H44O8/c1-27(2,3)11-17-19-13-29(23(33)37-7,24(34)38-8)15-31(19)21(17)22-18(12-28(4,5)6)20-14-30(25(35)39-9,26(36)40-10)16-32(20,22)31/h11-12,19-22H,13-16H2,1-10H3/b17-11-,18-12-/t19-,20-,21+,22+,31+,32+/m1/s1. The van der Waals surface area contributed by atoms with Gasteiger partial charge in [-0.2, -0.15) is 0 Å². The minimum atomic E-state index is -1.44. The van der Waals surface area contributed by atoms with Gasteiger partial charge in [-0.3, -0.25) is 19.2 Å². The molecule has 0 radical (unpaired) electrons. The van der Waals surface area contributed by atoms with Crippen LogP contribution in [0.25, 0.3) is 0 Å². The first kappa shape index (κ1) is 28.9. The third-order valence-corrected chi connectivity index (χ3v) is 10.9. The molecule has 0 aliphatic heterocycles. The second-order valence-corrected chi connectivity index (χ2v) is 15.1. The van der Waals surface area contributed by atoms with Crippen molar-refractivity contribution >= 4 is 23.9 Å². The number of allylic oxidation sites excluding steroid dienone is 4. The summed E-state index contributed by atoms with van der Waals surface area (Å²) >= 11 is 0. The fourth-order valence-electron chi connectivity index (χ4n) is 10.2. The zero-order chi connectivity index (χ0) is 29.8. The largest absolute Gasteiger partial charge is 0.468 e. The van der Waals surface area contributed by atoms with Crippen LogP contribution in [-0.4, -0.2) is 52.3 Å². The number of methoxy groups -OCH3 is 4. The van der Waals surface area contributed by atoms with Gasteiger partial charge in [-0.25, -0.2) is 0 Å². The van der Waals surface area contributed by atoms with Crippen molar-refractivity contribution in [3.63, 3.8) is 0 Å². The highest BCUT2D eigenvalue weighted by atomic mass is 16.6. The maximum atomic E-state index is 13.4. The summed E-state index contributed by atoms with van der Waals surface area (Å²) in [5.41, 5.74) is -1.44. The Morgan fingerprint density at radius 3 is 1.10 bits per heavy atom. The molecule has 40 heavy (non-hydrogen) atoms. The molecule has 5 aliphatic rings. The first-order chi connectivity index (χ1) is 18.5. The molecule has 0 unspecified atom stereocenters. The van der Waals surface area contributed by atoms with Gasteiger partial charge in [-0.1, -0.05) is 64.8 Å².